The number of rotatable bonds is 1. The maximum atomic E-state index is 11.5. The topological polar surface area (TPSA) is 80.3 Å². The van der Waals surface area contributed by atoms with E-state index in [-0.39, 0.29) is 5.69 Å². The van der Waals surface area contributed by atoms with Gasteiger partial charge in [0.15, 0.2) is 0 Å². The van der Waals surface area contributed by atoms with Crippen molar-refractivity contribution in [3.05, 3.63) is 30.1 Å². The Morgan fingerprint density at radius 3 is 2.47 bits per heavy atom. The number of hydrazine groups is 1. The zero-order valence-electron chi connectivity index (χ0n) is 9.98. The van der Waals surface area contributed by atoms with Crippen molar-refractivity contribution in [2.75, 3.05) is 0 Å². The first-order valence-electron chi connectivity index (χ1n) is 5.09. The van der Waals surface area contributed by atoms with Gasteiger partial charge in [-0.2, -0.15) is 0 Å². The third kappa shape index (κ3) is 4.96. The van der Waals surface area contributed by atoms with Crippen molar-refractivity contribution < 1.29 is 14.3 Å². The minimum atomic E-state index is -0.721. The summed E-state index contributed by atoms with van der Waals surface area (Å²) in [5.74, 6) is -0.503. The van der Waals surface area contributed by atoms with Gasteiger partial charge in [0.1, 0.15) is 11.3 Å². The van der Waals surface area contributed by atoms with Gasteiger partial charge in [-0.15, -0.1) is 0 Å². The van der Waals surface area contributed by atoms with Crippen LogP contribution >= 0.6 is 0 Å². The van der Waals surface area contributed by atoms with Crippen LogP contribution in [0.15, 0.2) is 24.4 Å². The molecule has 0 saturated carbocycles. The summed E-state index contributed by atoms with van der Waals surface area (Å²) < 4.78 is 4.94. The predicted octanol–water partition coefficient (Wildman–Crippen LogP) is 1.25. The SMILES string of the molecule is CC(C)(C)OC(=O)NNC(=O)c1ccccn1. The van der Waals surface area contributed by atoms with Crippen LogP contribution in [0.4, 0.5) is 4.79 Å². The van der Waals surface area contributed by atoms with E-state index >= 15 is 0 Å². The molecule has 0 aliphatic carbocycles. The van der Waals surface area contributed by atoms with Crippen molar-refractivity contribution in [2.24, 2.45) is 0 Å². The molecule has 92 valence electrons. The average Bonchev–Trinajstić information content (AvgIpc) is 2.25. The Kier molecular flexibility index (Phi) is 4.03. The van der Waals surface area contributed by atoms with Crippen LogP contribution in [0, 0.1) is 0 Å². The molecule has 0 atom stereocenters. The number of nitrogens with one attached hydrogen (secondary N) is 2. The lowest BCUT2D eigenvalue weighted by molar-refractivity contribution is 0.0483. The van der Waals surface area contributed by atoms with Gasteiger partial charge in [0, 0.05) is 6.20 Å². The highest BCUT2D eigenvalue weighted by Gasteiger charge is 2.16. The lowest BCUT2D eigenvalue weighted by Gasteiger charge is -2.19. The summed E-state index contributed by atoms with van der Waals surface area (Å²) in [6, 6.07) is 4.90. The first-order chi connectivity index (χ1) is 7.88. The molecule has 1 rings (SSSR count). The summed E-state index contributed by atoms with van der Waals surface area (Å²) in [4.78, 5) is 26.5. The van der Waals surface area contributed by atoms with Crippen molar-refractivity contribution in [2.45, 2.75) is 26.4 Å². The highest BCUT2D eigenvalue weighted by atomic mass is 16.6. The molecule has 6 nitrogen and oxygen atoms in total. The number of amides is 2. The van der Waals surface area contributed by atoms with Gasteiger partial charge in [-0.3, -0.25) is 15.2 Å². The summed E-state index contributed by atoms with van der Waals surface area (Å²) in [7, 11) is 0. The van der Waals surface area contributed by atoms with Gasteiger partial charge >= 0.3 is 6.09 Å². The highest BCUT2D eigenvalue weighted by molar-refractivity contribution is 5.92. The Morgan fingerprint density at radius 2 is 1.94 bits per heavy atom. The van der Waals surface area contributed by atoms with E-state index in [0.717, 1.165) is 0 Å². The van der Waals surface area contributed by atoms with Crippen LogP contribution in [-0.4, -0.2) is 22.6 Å². The first kappa shape index (κ1) is 13.0. The van der Waals surface area contributed by atoms with E-state index < -0.39 is 17.6 Å². The molecule has 0 bridgehead atoms. The van der Waals surface area contributed by atoms with Gasteiger partial charge < -0.3 is 4.74 Å². The molecular weight excluding hydrogens is 222 g/mol. The van der Waals surface area contributed by atoms with E-state index in [2.05, 4.69) is 15.8 Å². The average molecular weight is 237 g/mol. The van der Waals surface area contributed by atoms with Crippen molar-refractivity contribution >= 4 is 12.0 Å². The van der Waals surface area contributed by atoms with Crippen LogP contribution in [0.2, 0.25) is 0 Å². The fraction of sp³-hybridized carbons (Fsp3) is 0.364. The zero-order valence-corrected chi connectivity index (χ0v) is 9.98. The van der Waals surface area contributed by atoms with E-state index in [1.165, 1.54) is 12.3 Å². The minimum absolute atomic E-state index is 0.212. The Labute approximate surface area is 99.3 Å². The first-order valence-corrected chi connectivity index (χ1v) is 5.09. The number of ether oxygens (including phenoxy) is 1. The highest BCUT2D eigenvalue weighted by Crippen LogP contribution is 2.05. The molecule has 0 radical (unpaired) electrons. The molecule has 1 aromatic rings. The van der Waals surface area contributed by atoms with Crippen molar-refractivity contribution in [3.63, 3.8) is 0 Å². The van der Waals surface area contributed by atoms with Crippen LogP contribution < -0.4 is 10.9 Å². The number of hydrogen-bond acceptors (Lipinski definition) is 4. The maximum Gasteiger partial charge on any atom is 0.426 e. The lowest BCUT2D eigenvalue weighted by Crippen LogP contribution is -2.44. The number of hydrogen-bond donors (Lipinski definition) is 2. The molecule has 2 N–H and O–H groups in total. The predicted molar refractivity (Wildman–Crippen MR) is 61.1 cm³/mol. The van der Waals surface area contributed by atoms with Crippen LogP contribution in [0.1, 0.15) is 31.3 Å². The largest absolute Gasteiger partial charge is 0.443 e. The normalized spacial score (nSPS) is 10.5. The second-order valence-corrected chi connectivity index (χ2v) is 4.30. The van der Waals surface area contributed by atoms with Gasteiger partial charge in [-0.1, -0.05) is 6.07 Å². The van der Waals surface area contributed by atoms with Crippen molar-refractivity contribution in [1.29, 1.82) is 0 Å². The molecule has 0 aromatic carbocycles. The number of nitrogens with zero attached hydrogens (tertiary/aromatic N) is 1. The second-order valence-electron chi connectivity index (χ2n) is 4.30. The molecular formula is C11H15N3O3. The maximum absolute atomic E-state index is 11.5. The lowest BCUT2D eigenvalue weighted by atomic mass is 10.2. The molecule has 0 saturated heterocycles. The molecule has 1 aromatic heterocycles. The third-order valence-electron chi connectivity index (χ3n) is 1.57. The van der Waals surface area contributed by atoms with Gasteiger partial charge in [-0.05, 0) is 32.9 Å². The smallest absolute Gasteiger partial charge is 0.426 e. The van der Waals surface area contributed by atoms with E-state index in [9.17, 15) is 9.59 Å². The summed E-state index contributed by atoms with van der Waals surface area (Å²) >= 11 is 0. The van der Waals surface area contributed by atoms with Crippen LogP contribution in [0.25, 0.3) is 0 Å². The zero-order chi connectivity index (χ0) is 12.9. The number of carbonyl (C=O) groups excluding carboxylic acids is 2. The molecule has 0 aliphatic heterocycles. The summed E-state index contributed by atoms with van der Waals surface area (Å²) in [6.07, 6.45) is 0.768. The molecule has 0 aliphatic rings. The van der Waals surface area contributed by atoms with Crippen molar-refractivity contribution in [3.8, 4) is 0 Å². The fourth-order valence-electron chi connectivity index (χ4n) is 0.973. The molecule has 6 heteroatoms. The van der Waals surface area contributed by atoms with Gasteiger partial charge in [0.05, 0.1) is 0 Å². The quantitative estimate of drug-likeness (QED) is 0.720. The number of aromatic nitrogens is 1. The second kappa shape index (κ2) is 5.29. The summed E-state index contributed by atoms with van der Waals surface area (Å²) in [5, 5.41) is 0. The Bertz CT molecular complexity index is 398. The molecule has 2 amide bonds. The Morgan fingerprint density at radius 1 is 1.24 bits per heavy atom. The molecule has 1 heterocycles. The number of pyridine rings is 1. The van der Waals surface area contributed by atoms with Crippen LogP contribution in [-0.2, 0) is 4.74 Å². The van der Waals surface area contributed by atoms with E-state index in [1.807, 2.05) is 0 Å². The third-order valence-corrected chi connectivity index (χ3v) is 1.57. The summed E-state index contributed by atoms with van der Waals surface area (Å²) in [6.45, 7) is 5.19. The monoisotopic (exact) mass is 237 g/mol. The molecule has 17 heavy (non-hydrogen) atoms. The van der Waals surface area contributed by atoms with E-state index in [1.54, 1.807) is 32.9 Å². The van der Waals surface area contributed by atoms with Crippen molar-refractivity contribution in [1.82, 2.24) is 15.8 Å². The molecule has 0 spiro atoms. The Balaban J connectivity index is 2.42. The van der Waals surface area contributed by atoms with Gasteiger partial charge in [0.25, 0.3) is 5.91 Å². The van der Waals surface area contributed by atoms with E-state index in [0.29, 0.717) is 0 Å². The van der Waals surface area contributed by atoms with Crippen LogP contribution in [0.5, 0.6) is 0 Å². The molecule has 0 unspecified atom stereocenters. The minimum Gasteiger partial charge on any atom is -0.443 e. The number of carbonyl (C=O) groups is 2. The standard InChI is InChI=1S/C11H15N3O3/c1-11(2,3)17-10(16)14-13-9(15)8-6-4-5-7-12-8/h4-7H,1-3H3,(H,13,15)(H,14,16). The van der Waals surface area contributed by atoms with Gasteiger partial charge in [0.2, 0.25) is 0 Å². The summed E-state index contributed by atoms with van der Waals surface area (Å²) in [5.41, 5.74) is 3.93. The van der Waals surface area contributed by atoms with E-state index in [4.69, 9.17) is 4.74 Å². The van der Waals surface area contributed by atoms with Gasteiger partial charge in [-0.25, -0.2) is 10.2 Å². The molecule has 0 fully saturated rings. The van der Waals surface area contributed by atoms with Crippen LogP contribution in [0.3, 0.4) is 0 Å². The fourth-order valence-corrected chi connectivity index (χ4v) is 0.973. The Hall–Kier alpha value is -2.11.